The van der Waals surface area contributed by atoms with Crippen LogP contribution in [0, 0.1) is 5.82 Å². The summed E-state index contributed by atoms with van der Waals surface area (Å²) >= 11 is 3.26. The number of ether oxygens (including phenoxy) is 1. The van der Waals surface area contributed by atoms with Crippen LogP contribution in [0.15, 0.2) is 18.2 Å². The number of hydrogen-bond donors (Lipinski definition) is 0. The van der Waals surface area contributed by atoms with E-state index in [2.05, 4.69) is 22.9 Å². The molecule has 0 saturated heterocycles. The maximum absolute atomic E-state index is 13.8. The number of unbranched alkanes of at least 4 members (excludes halogenated alkanes) is 5. The first-order chi connectivity index (χ1) is 8.79. The lowest BCUT2D eigenvalue weighted by molar-refractivity contribution is 0.289. The molecule has 0 aliphatic rings. The highest BCUT2D eigenvalue weighted by atomic mass is 79.9. The SMILES string of the molecule is CCCCCCCCOc1cccc(CBr)c1F. The van der Waals surface area contributed by atoms with Crippen LogP contribution >= 0.6 is 15.9 Å². The predicted octanol–water partition coefficient (Wildman–Crippen LogP) is 5.46. The number of halogens is 2. The fourth-order valence-corrected chi connectivity index (χ4v) is 2.27. The van der Waals surface area contributed by atoms with Crippen molar-refractivity contribution in [3.63, 3.8) is 0 Å². The molecule has 1 nitrogen and oxygen atoms in total. The van der Waals surface area contributed by atoms with Gasteiger partial charge in [0.2, 0.25) is 0 Å². The van der Waals surface area contributed by atoms with Gasteiger partial charge in [0.1, 0.15) is 0 Å². The van der Waals surface area contributed by atoms with E-state index in [-0.39, 0.29) is 5.82 Å². The van der Waals surface area contributed by atoms with Crippen LogP contribution in [0.5, 0.6) is 5.75 Å². The van der Waals surface area contributed by atoms with E-state index in [1.165, 1.54) is 32.1 Å². The second-order valence-electron chi connectivity index (χ2n) is 4.48. The third-order valence-electron chi connectivity index (χ3n) is 2.94. The fourth-order valence-electron chi connectivity index (χ4n) is 1.84. The van der Waals surface area contributed by atoms with E-state index in [1.54, 1.807) is 12.1 Å². The highest BCUT2D eigenvalue weighted by Gasteiger charge is 2.07. The smallest absolute Gasteiger partial charge is 0.169 e. The van der Waals surface area contributed by atoms with Gasteiger partial charge in [0.15, 0.2) is 11.6 Å². The molecule has 0 N–H and O–H groups in total. The normalized spacial score (nSPS) is 10.6. The van der Waals surface area contributed by atoms with Crippen LogP contribution in [-0.2, 0) is 5.33 Å². The van der Waals surface area contributed by atoms with Crippen molar-refractivity contribution in [1.82, 2.24) is 0 Å². The zero-order valence-corrected chi connectivity index (χ0v) is 12.6. The predicted molar refractivity (Wildman–Crippen MR) is 77.9 cm³/mol. The summed E-state index contributed by atoms with van der Waals surface area (Å²) in [5.74, 6) is 0.140. The summed E-state index contributed by atoms with van der Waals surface area (Å²) in [6.45, 7) is 2.82. The quantitative estimate of drug-likeness (QED) is 0.434. The maximum atomic E-state index is 13.8. The number of hydrogen-bond acceptors (Lipinski definition) is 1. The molecule has 0 bridgehead atoms. The minimum atomic E-state index is -0.236. The molecule has 0 aliphatic heterocycles. The van der Waals surface area contributed by atoms with E-state index in [1.807, 2.05) is 6.07 Å². The van der Waals surface area contributed by atoms with Crippen LogP contribution in [0.1, 0.15) is 51.0 Å². The molecule has 0 amide bonds. The Hall–Kier alpha value is -0.570. The van der Waals surface area contributed by atoms with Gasteiger partial charge in [0.05, 0.1) is 6.61 Å². The van der Waals surface area contributed by atoms with Crippen LogP contribution in [0.3, 0.4) is 0 Å². The minimum Gasteiger partial charge on any atom is -0.491 e. The molecule has 0 aromatic heterocycles. The van der Waals surface area contributed by atoms with Crippen molar-refractivity contribution >= 4 is 15.9 Å². The lowest BCUT2D eigenvalue weighted by atomic mass is 10.1. The van der Waals surface area contributed by atoms with Gasteiger partial charge in [-0.05, 0) is 12.5 Å². The Morgan fingerprint density at radius 2 is 1.83 bits per heavy atom. The Bertz CT molecular complexity index is 341. The Balaban J connectivity index is 2.23. The summed E-state index contributed by atoms with van der Waals surface area (Å²) in [4.78, 5) is 0. The second-order valence-corrected chi connectivity index (χ2v) is 5.04. The summed E-state index contributed by atoms with van der Waals surface area (Å²) in [6, 6.07) is 5.29. The molecule has 0 heterocycles. The molecular weight excluding hydrogens is 295 g/mol. The van der Waals surface area contributed by atoms with Gasteiger partial charge in [-0.2, -0.15) is 0 Å². The van der Waals surface area contributed by atoms with E-state index in [0.29, 0.717) is 23.2 Å². The molecule has 102 valence electrons. The van der Waals surface area contributed by atoms with Crippen molar-refractivity contribution in [3.05, 3.63) is 29.6 Å². The van der Waals surface area contributed by atoms with Crippen LogP contribution < -0.4 is 4.74 Å². The summed E-state index contributed by atoms with van der Waals surface area (Å²) in [5, 5.41) is 0.521. The van der Waals surface area contributed by atoms with E-state index < -0.39 is 0 Å². The molecule has 1 aromatic carbocycles. The van der Waals surface area contributed by atoms with Crippen molar-refractivity contribution in [2.24, 2.45) is 0 Å². The van der Waals surface area contributed by atoms with Crippen molar-refractivity contribution < 1.29 is 9.13 Å². The summed E-state index contributed by atoms with van der Waals surface area (Å²) in [7, 11) is 0. The third kappa shape index (κ3) is 5.38. The van der Waals surface area contributed by atoms with E-state index in [0.717, 1.165) is 6.42 Å². The van der Waals surface area contributed by atoms with Gasteiger partial charge in [-0.3, -0.25) is 0 Å². The standard InChI is InChI=1S/C15H22BrFO/c1-2-3-4-5-6-7-11-18-14-10-8-9-13(12-16)15(14)17/h8-10H,2-7,11-12H2,1H3. The Morgan fingerprint density at radius 1 is 1.11 bits per heavy atom. The van der Waals surface area contributed by atoms with Gasteiger partial charge in [-0.1, -0.05) is 67.1 Å². The summed E-state index contributed by atoms with van der Waals surface area (Å²) in [5.41, 5.74) is 0.649. The van der Waals surface area contributed by atoms with Crippen molar-refractivity contribution in [2.45, 2.75) is 50.8 Å². The second kappa shape index (κ2) is 9.37. The molecule has 3 heteroatoms. The lowest BCUT2D eigenvalue weighted by Crippen LogP contribution is -2.00. The molecule has 1 rings (SSSR count). The molecule has 0 radical (unpaired) electrons. The molecule has 0 fully saturated rings. The first kappa shape index (κ1) is 15.5. The molecule has 0 spiro atoms. The van der Waals surface area contributed by atoms with Crippen LogP contribution in [0.25, 0.3) is 0 Å². The van der Waals surface area contributed by atoms with Gasteiger partial charge in [-0.15, -0.1) is 0 Å². The minimum absolute atomic E-state index is 0.236. The average molecular weight is 317 g/mol. The first-order valence-electron chi connectivity index (χ1n) is 6.75. The highest BCUT2D eigenvalue weighted by molar-refractivity contribution is 9.08. The zero-order valence-electron chi connectivity index (χ0n) is 11.1. The highest BCUT2D eigenvalue weighted by Crippen LogP contribution is 2.22. The van der Waals surface area contributed by atoms with Crippen LogP contribution in [-0.4, -0.2) is 6.61 Å². The van der Waals surface area contributed by atoms with Crippen molar-refractivity contribution in [1.29, 1.82) is 0 Å². The molecule has 0 saturated carbocycles. The van der Waals surface area contributed by atoms with Crippen molar-refractivity contribution in [2.75, 3.05) is 6.61 Å². The van der Waals surface area contributed by atoms with Crippen LogP contribution in [0.2, 0.25) is 0 Å². The van der Waals surface area contributed by atoms with Gasteiger partial charge in [0.25, 0.3) is 0 Å². The Morgan fingerprint density at radius 3 is 2.56 bits per heavy atom. The van der Waals surface area contributed by atoms with Crippen LogP contribution in [0.4, 0.5) is 4.39 Å². The van der Waals surface area contributed by atoms with Gasteiger partial charge in [0, 0.05) is 10.9 Å². The van der Waals surface area contributed by atoms with Gasteiger partial charge >= 0.3 is 0 Å². The molecule has 0 aliphatic carbocycles. The largest absolute Gasteiger partial charge is 0.491 e. The van der Waals surface area contributed by atoms with E-state index >= 15 is 0 Å². The Labute approximate surface area is 118 Å². The number of benzene rings is 1. The molecule has 1 aromatic rings. The third-order valence-corrected chi connectivity index (χ3v) is 3.55. The molecular formula is C15H22BrFO. The van der Waals surface area contributed by atoms with Crippen molar-refractivity contribution in [3.8, 4) is 5.75 Å². The van der Waals surface area contributed by atoms with Gasteiger partial charge in [-0.25, -0.2) is 4.39 Å². The van der Waals surface area contributed by atoms with E-state index in [9.17, 15) is 4.39 Å². The lowest BCUT2D eigenvalue weighted by Gasteiger charge is -2.09. The summed E-state index contributed by atoms with van der Waals surface area (Å²) < 4.78 is 19.3. The molecule has 0 unspecified atom stereocenters. The maximum Gasteiger partial charge on any atom is 0.169 e. The molecule has 18 heavy (non-hydrogen) atoms. The Kier molecular flexibility index (Phi) is 8.06. The summed E-state index contributed by atoms with van der Waals surface area (Å²) in [6.07, 6.45) is 7.29. The monoisotopic (exact) mass is 316 g/mol. The topological polar surface area (TPSA) is 9.23 Å². The average Bonchev–Trinajstić information content (AvgIpc) is 2.39. The van der Waals surface area contributed by atoms with E-state index in [4.69, 9.17) is 4.74 Å². The molecule has 0 atom stereocenters. The number of alkyl halides is 1. The number of rotatable bonds is 9. The van der Waals surface area contributed by atoms with Gasteiger partial charge < -0.3 is 4.74 Å². The fraction of sp³-hybridized carbons (Fsp3) is 0.600. The first-order valence-corrected chi connectivity index (χ1v) is 7.88. The zero-order chi connectivity index (χ0) is 13.2.